The molecule has 0 heterocycles. The minimum Gasteiger partial charge on any atom is -0.359 e. The maximum absolute atomic E-state index is 7.63. The second-order valence-electron chi connectivity index (χ2n) is 2.99. The summed E-state index contributed by atoms with van der Waals surface area (Å²) in [5.41, 5.74) is 0.663. The standard InChI is InChI=1S/C9H10Br2ClN5/c1-15-8(13)17-9(14)16-7-5(10)2-4(12)3-6(7)11/h2-3H,1H3,(H5,13,14,15,16,17). The van der Waals surface area contributed by atoms with E-state index in [9.17, 15) is 0 Å². The Morgan fingerprint density at radius 2 is 1.71 bits per heavy atom. The third-order valence-corrected chi connectivity index (χ3v) is 3.23. The van der Waals surface area contributed by atoms with Crippen molar-refractivity contribution in [3.63, 3.8) is 0 Å². The van der Waals surface area contributed by atoms with Crippen molar-refractivity contribution in [1.82, 2.24) is 10.6 Å². The summed E-state index contributed by atoms with van der Waals surface area (Å²) < 4.78 is 1.44. The van der Waals surface area contributed by atoms with E-state index in [0.717, 1.165) is 8.95 Å². The van der Waals surface area contributed by atoms with Crippen molar-refractivity contribution in [2.45, 2.75) is 0 Å². The van der Waals surface area contributed by atoms with E-state index in [1.807, 2.05) is 0 Å². The highest BCUT2D eigenvalue weighted by Crippen LogP contribution is 2.33. The molecule has 0 fully saturated rings. The molecule has 1 aromatic carbocycles. The largest absolute Gasteiger partial charge is 0.359 e. The first-order valence-electron chi connectivity index (χ1n) is 4.47. The van der Waals surface area contributed by atoms with Crippen LogP contribution >= 0.6 is 43.5 Å². The molecule has 0 spiro atoms. The van der Waals surface area contributed by atoms with Gasteiger partial charge in [0.1, 0.15) is 0 Å². The Bertz CT molecular complexity index is 440. The molecule has 0 aromatic heterocycles. The molecule has 0 saturated heterocycles. The van der Waals surface area contributed by atoms with Crippen LogP contribution < -0.4 is 16.0 Å². The minimum atomic E-state index is -0.0203. The van der Waals surface area contributed by atoms with E-state index >= 15 is 0 Å². The van der Waals surface area contributed by atoms with Gasteiger partial charge in [-0.25, -0.2) is 0 Å². The Labute approximate surface area is 121 Å². The fourth-order valence-corrected chi connectivity index (χ4v) is 2.87. The van der Waals surface area contributed by atoms with Crippen LogP contribution in [0.2, 0.25) is 5.02 Å². The zero-order valence-corrected chi connectivity index (χ0v) is 12.7. The molecule has 0 saturated carbocycles. The molecule has 17 heavy (non-hydrogen) atoms. The minimum absolute atomic E-state index is 0.0203. The summed E-state index contributed by atoms with van der Waals surface area (Å²) in [4.78, 5) is 0. The Morgan fingerprint density at radius 1 is 1.18 bits per heavy atom. The predicted molar refractivity (Wildman–Crippen MR) is 78.1 cm³/mol. The molecule has 92 valence electrons. The highest BCUT2D eigenvalue weighted by atomic mass is 79.9. The maximum atomic E-state index is 7.63. The lowest BCUT2D eigenvalue weighted by Gasteiger charge is -2.13. The lowest BCUT2D eigenvalue weighted by atomic mass is 10.3. The van der Waals surface area contributed by atoms with Gasteiger partial charge in [0.2, 0.25) is 0 Å². The van der Waals surface area contributed by atoms with Crippen LogP contribution in [-0.4, -0.2) is 19.0 Å². The lowest BCUT2D eigenvalue weighted by molar-refractivity contribution is 1.05. The van der Waals surface area contributed by atoms with Gasteiger partial charge in [-0.15, -0.1) is 0 Å². The SMILES string of the molecule is CNC(=N)NC(=N)Nc1c(Br)cc(Cl)cc1Br. The van der Waals surface area contributed by atoms with E-state index in [4.69, 9.17) is 22.4 Å². The molecule has 0 aliphatic rings. The molecule has 0 radical (unpaired) electrons. The Kier molecular flexibility index (Phi) is 5.23. The summed E-state index contributed by atoms with van der Waals surface area (Å²) >= 11 is 12.5. The van der Waals surface area contributed by atoms with Gasteiger partial charge in [0.15, 0.2) is 11.9 Å². The second-order valence-corrected chi connectivity index (χ2v) is 5.14. The normalized spacial score (nSPS) is 9.65. The first-order chi connectivity index (χ1) is 7.93. The monoisotopic (exact) mass is 381 g/mol. The quantitative estimate of drug-likeness (QED) is 0.382. The van der Waals surface area contributed by atoms with Crippen molar-refractivity contribution in [1.29, 1.82) is 10.8 Å². The van der Waals surface area contributed by atoms with Gasteiger partial charge < -0.3 is 10.6 Å². The number of rotatable bonds is 1. The molecule has 5 nitrogen and oxygen atoms in total. The third-order valence-electron chi connectivity index (χ3n) is 1.76. The van der Waals surface area contributed by atoms with Crippen LogP contribution in [0.1, 0.15) is 0 Å². The third kappa shape index (κ3) is 4.18. The number of hydrogen-bond acceptors (Lipinski definition) is 2. The molecule has 1 aromatic rings. The van der Waals surface area contributed by atoms with E-state index in [-0.39, 0.29) is 11.9 Å². The van der Waals surface area contributed by atoms with Gasteiger partial charge in [-0.05, 0) is 44.0 Å². The fraction of sp³-hybridized carbons (Fsp3) is 0.111. The zero-order chi connectivity index (χ0) is 13.0. The van der Waals surface area contributed by atoms with Crippen molar-refractivity contribution in [2.75, 3.05) is 12.4 Å². The summed E-state index contributed by atoms with van der Waals surface area (Å²) in [6.07, 6.45) is 0. The Hall–Kier alpha value is -0.790. The van der Waals surface area contributed by atoms with Crippen molar-refractivity contribution >= 4 is 61.1 Å². The second kappa shape index (κ2) is 6.23. The molecule has 0 aliphatic carbocycles. The van der Waals surface area contributed by atoms with Gasteiger partial charge >= 0.3 is 0 Å². The summed E-state index contributed by atoms with van der Waals surface area (Å²) in [5, 5.41) is 23.4. The van der Waals surface area contributed by atoms with Gasteiger partial charge in [0.25, 0.3) is 0 Å². The number of benzene rings is 1. The van der Waals surface area contributed by atoms with E-state index in [2.05, 4.69) is 47.8 Å². The van der Waals surface area contributed by atoms with Crippen LogP contribution in [0.3, 0.4) is 0 Å². The first kappa shape index (κ1) is 14.3. The van der Waals surface area contributed by atoms with Crippen LogP contribution in [0.25, 0.3) is 0 Å². The number of hydrogen-bond donors (Lipinski definition) is 5. The highest BCUT2D eigenvalue weighted by molar-refractivity contribution is 9.11. The van der Waals surface area contributed by atoms with Crippen LogP contribution in [0.4, 0.5) is 5.69 Å². The molecule has 1 rings (SSSR count). The summed E-state index contributed by atoms with van der Waals surface area (Å²) in [7, 11) is 1.59. The first-order valence-corrected chi connectivity index (χ1v) is 6.44. The van der Waals surface area contributed by atoms with Crippen molar-refractivity contribution < 1.29 is 0 Å². The topological polar surface area (TPSA) is 83.8 Å². The molecular formula is C9H10Br2ClN5. The molecule has 0 amide bonds. The van der Waals surface area contributed by atoms with Gasteiger partial charge in [0, 0.05) is 21.0 Å². The smallest absolute Gasteiger partial charge is 0.199 e. The van der Waals surface area contributed by atoms with E-state index in [1.54, 1.807) is 19.2 Å². The molecule has 8 heteroatoms. The van der Waals surface area contributed by atoms with Gasteiger partial charge in [-0.1, -0.05) is 11.6 Å². The summed E-state index contributed by atoms with van der Waals surface area (Å²) in [6.45, 7) is 0. The molecule has 0 atom stereocenters. The van der Waals surface area contributed by atoms with Crippen LogP contribution in [-0.2, 0) is 0 Å². The molecule has 0 aliphatic heterocycles. The van der Waals surface area contributed by atoms with Crippen molar-refractivity contribution in [2.24, 2.45) is 0 Å². The van der Waals surface area contributed by atoms with Crippen molar-refractivity contribution in [3.8, 4) is 0 Å². The zero-order valence-electron chi connectivity index (χ0n) is 8.79. The maximum Gasteiger partial charge on any atom is 0.199 e. The summed E-state index contributed by atoms with van der Waals surface area (Å²) in [6, 6.07) is 3.43. The van der Waals surface area contributed by atoms with Crippen LogP contribution in [0, 0.1) is 10.8 Å². The Morgan fingerprint density at radius 3 is 2.18 bits per heavy atom. The number of guanidine groups is 2. The molecule has 0 bridgehead atoms. The highest BCUT2D eigenvalue weighted by Gasteiger charge is 2.09. The Balaban J connectivity index is 2.82. The average Bonchev–Trinajstić information content (AvgIpc) is 2.23. The molecule has 5 N–H and O–H groups in total. The predicted octanol–water partition coefficient (Wildman–Crippen LogP) is 2.96. The van der Waals surface area contributed by atoms with E-state index in [1.165, 1.54) is 0 Å². The van der Waals surface area contributed by atoms with E-state index < -0.39 is 0 Å². The fourth-order valence-electron chi connectivity index (χ4n) is 1.01. The van der Waals surface area contributed by atoms with Gasteiger partial charge in [0.05, 0.1) is 5.69 Å². The van der Waals surface area contributed by atoms with E-state index in [0.29, 0.717) is 10.7 Å². The average molecular weight is 383 g/mol. The summed E-state index contributed by atoms with van der Waals surface area (Å²) in [5.74, 6) is 0.0109. The molecule has 0 unspecified atom stereocenters. The lowest BCUT2D eigenvalue weighted by Crippen LogP contribution is -2.41. The van der Waals surface area contributed by atoms with Crippen LogP contribution in [0.5, 0.6) is 0 Å². The number of halogens is 3. The van der Waals surface area contributed by atoms with Crippen LogP contribution in [0.15, 0.2) is 21.1 Å². The number of nitrogens with one attached hydrogen (secondary N) is 5. The van der Waals surface area contributed by atoms with Gasteiger partial charge in [-0.3, -0.25) is 16.1 Å². The molecular weight excluding hydrogens is 373 g/mol. The van der Waals surface area contributed by atoms with Crippen molar-refractivity contribution in [3.05, 3.63) is 26.1 Å². The number of anilines is 1. The van der Waals surface area contributed by atoms with Gasteiger partial charge in [-0.2, -0.15) is 0 Å².